The Hall–Kier alpha value is -2.33. The molecule has 5 nitrogen and oxygen atoms in total. The van der Waals surface area contributed by atoms with E-state index in [1.54, 1.807) is 11.8 Å². The molecule has 3 N–H and O–H groups in total. The number of likely N-dealkylation sites (tertiary alicyclic amines) is 1. The molecule has 0 spiro atoms. The van der Waals surface area contributed by atoms with Gasteiger partial charge >= 0.3 is 6.18 Å². The second-order valence-corrected chi connectivity index (χ2v) is 9.89. The van der Waals surface area contributed by atoms with E-state index in [4.69, 9.17) is 0 Å². The van der Waals surface area contributed by atoms with Crippen LogP contribution in [0, 0.1) is 0 Å². The number of carbonyl (C=O) groups excluding carboxylic acids is 1. The minimum atomic E-state index is -4.49. The van der Waals surface area contributed by atoms with Crippen LogP contribution in [-0.4, -0.2) is 53.9 Å². The Labute approximate surface area is 207 Å². The van der Waals surface area contributed by atoms with Crippen molar-refractivity contribution in [2.75, 3.05) is 25.9 Å². The van der Waals surface area contributed by atoms with Crippen molar-refractivity contribution in [1.82, 2.24) is 15.5 Å². The molecule has 2 unspecified atom stereocenters. The number of hydrogen-bond acceptors (Lipinski definition) is 5. The van der Waals surface area contributed by atoms with Crippen LogP contribution < -0.4 is 10.6 Å². The number of nitrogens with one attached hydrogen (secondary N) is 2. The molecule has 2 atom stereocenters. The third-order valence-electron chi connectivity index (χ3n) is 6.62. The first-order chi connectivity index (χ1) is 16.7. The van der Waals surface area contributed by atoms with Gasteiger partial charge in [0.15, 0.2) is 0 Å². The highest BCUT2D eigenvalue weighted by Gasteiger charge is 2.34. The van der Waals surface area contributed by atoms with E-state index in [-0.39, 0.29) is 24.1 Å². The minimum Gasteiger partial charge on any atom is -0.374 e. The number of carbonyl (C=O) groups is 1. The lowest BCUT2D eigenvalue weighted by molar-refractivity contribution is -0.137. The van der Waals surface area contributed by atoms with Gasteiger partial charge in [-0.1, -0.05) is 30.3 Å². The normalized spacial score (nSPS) is 20.1. The zero-order valence-corrected chi connectivity index (χ0v) is 20.3. The fourth-order valence-corrected chi connectivity index (χ4v) is 5.00. The van der Waals surface area contributed by atoms with E-state index in [1.807, 2.05) is 0 Å². The molecule has 1 heterocycles. The van der Waals surface area contributed by atoms with E-state index in [9.17, 15) is 23.1 Å². The quantitative estimate of drug-likeness (QED) is 0.366. The van der Waals surface area contributed by atoms with Crippen molar-refractivity contribution < 1.29 is 23.1 Å². The number of allylic oxidation sites excluding steroid dienone is 1. The Morgan fingerprint density at radius 1 is 1.20 bits per heavy atom. The number of nitrogens with zero attached hydrogens (tertiary/aromatic N) is 1. The monoisotopic (exact) mass is 505 g/mol. The maximum absolute atomic E-state index is 12.8. The van der Waals surface area contributed by atoms with E-state index >= 15 is 0 Å². The Kier molecular flexibility index (Phi) is 8.21. The molecule has 0 radical (unpaired) electrons. The van der Waals surface area contributed by atoms with Crippen LogP contribution in [0.25, 0.3) is 5.57 Å². The smallest absolute Gasteiger partial charge is 0.374 e. The Morgan fingerprint density at radius 3 is 2.57 bits per heavy atom. The van der Waals surface area contributed by atoms with Crippen molar-refractivity contribution in [3.05, 3.63) is 71.3 Å². The van der Waals surface area contributed by atoms with Gasteiger partial charge in [0.1, 0.15) is 6.23 Å². The number of hydrogen-bond donors (Lipinski definition) is 3. The number of halogens is 3. The summed E-state index contributed by atoms with van der Waals surface area (Å²) in [6.45, 7) is 1.37. The SMILES string of the molecule is CSc1ccc(C2=CCC(N3CC(NC(=O)CNC(O)c4cccc(C(F)(F)F)c4)C3)CC2)cc1. The summed E-state index contributed by atoms with van der Waals surface area (Å²) >= 11 is 1.74. The van der Waals surface area contributed by atoms with E-state index in [1.165, 1.54) is 28.2 Å². The van der Waals surface area contributed by atoms with Crippen LogP contribution in [0.3, 0.4) is 0 Å². The molecule has 0 bridgehead atoms. The van der Waals surface area contributed by atoms with Crippen LogP contribution >= 0.6 is 11.8 Å². The van der Waals surface area contributed by atoms with Gasteiger partial charge in [0.25, 0.3) is 0 Å². The Morgan fingerprint density at radius 2 is 1.94 bits per heavy atom. The molecule has 1 amide bonds. The zero-order valence-electron chi connectivity index (χ0n) is 19.5. The lowest BCUT2D eigenvalue weighted by Crippen LogP contribution is -2.63. The molecule has 2 aromatic rings. The summed E-state index contributed by atoms with van der Waals surface area (Å²) in [6, 6.07) is 13.6. The average molecular weight is 506 g/mol. The van der Waals surface area contributed by atoms with E-state index in [0.29, 0.717) is 6.04 Å². The van der Waals surface area contributed by atoms with Gasteiger partial charge < -0.3 is 10.4 Å². The minimum absolute atomic E-state index is 0.0412. The summed E-state index contributed by atoms with van der Waals surface area (Å²) in [4.78, 5) is 15.9. The van der Waals surface area contributed by atoms with Crippen molar-refractivity contribution in [2.45, 2.75) is 48.6 Å². The maximum atomic E-state index is 12.8. The third kappa shape index (κ3) is 6.67. The number of thioether (sulfide) groups is 1. The van der Waals surface area contributed by atoms with Crippen LogP contribution in [0.2, 0.25) is 0 Å². The van der Waals surface area contributed by atoms with E-state index in [2.05, 4.69) is 52.1 Å². The molecule has 1 fully saturated rings. The topological polar surface area (TPSA) is 64.6 Å². The van der Waals surface area contributed by atoms with Gasteiger partial charge in [-0.3, -0.25) is 15.0 Å². The molecule has 188 valence electrons. The molecule has 35 heavy (non-hydrogen) atoms. The molecular formula is C26H30F3N3O2S. The highest BCUT2D eigenvalue weighted by Crippen LogP contribution is 2.32. The van der Waals surface area contributed by atoms with Crippen molar-refractivity contribution in [1.29, 1.82) is 0 Å². The Balaban J connectivity index is 1.18. The van der Waals surface area contributed by atoms with Gasteiger partial charge in [0, 0.05) is 24.0 Å². The molecular weight excluding hydrogens is 475 g/mol. The van der Waals surface area contributed by atoms with Crippen LogP contribution in [0.5, 0.6) is 0 Å². The number of aliphatic hydroxyl groups is 1. The number of benzene rings is 2. The number of rotatable bonds is 8. The second kappa shape index (κ2) is 11.2. The lowest BCUT2D eigenvalue weighted by Gasteiger charge is -2.45. The van der Waals surface area contributed by atoms with Crippen LogP contribution in [-0.2, 0) is 11.0 Å². The van der Waals surface area contributed by atoms with Crippen molar-refractivity contribution in [3.8, 4) is 0 Å². The second-order valence-electron chi connectivity index (χ2n) is 9.01. The van der Waals surface area contributed by atoms with Gasteiger partial charge in [0.2, 0.25) is 5.91 Å². The molecule has 2 aliphatic rings. The molecule has 9 heteroatoms. The van der Waals surface area contributed by atoms with E-state index < -0.39 is 18.0 Å². The molecule has 0 saturated carbocycles. The van der Waals surface area contributed by atoms with Crippen LogP contribution in [0.4, 0.5) is 13.2 Å². The fourth-order valence-electron chi connectivity index (χ4n) is 4.59. The summed E-state index contributed by atoms with van der Waals surface area (Å²) in [5.41, 5.74) is 1.90. The van der Waals surface area contributed by atoms with Gasteiger partial charge in [-0.05, 0) is 66.5 Å². The van der Waals surface area contributed by atoms with Gasteiger partial charge in [-0.2, -0.15) is 13.2 Å². The summed E-state index contributed by atoms with van der Waals surface area (Å²) in [5, 5.41) is 15.6. The number of alkyl halides is 3. The Bertz CT molecular complexity index is 1050. The fraction of sp³-hybridized carbons (Fsp3) is 0.423. The van der Waals surface area contributed by atoms with Gasteiger partial charge in [-0.15, -0.1) is 11.8 Å². The molecule has 1 aliphatic heterocycles. The zero-order chi connectivity index (χ0) is 25.0. The summed E-state index contributed by atoms with van der Waals surface area (Å²) in [5.74, 6) is -0.291. The summed E-state index contributed by atoms with van der Waals surface area (Å²) < 4.78 is 38.5. The maximum Gasteiger partial charge on any atom is 0.416 e. The highest BCUT2D eigenvalue weighted by atomic mass is 32.2. The average Bonchev–Trinajstić information content (AvgIpc) is 2.84. The predicted octanol–water partition coefficient (Wildman–Crippen LogP) is 4.44. The highest BCUT2D eigenvalue weighted by molar-refractivity contribution is 7.98. The van der Waals surface area contributed by atoms with Gasteiger partial charge in [-0.25, -0.2) is 0 Å². The summed E-state index contributed by atoms with van der Waals surface area (Å²) in [6.07, 6.45) is 1.66. The predicted molar refractivity (Wildman–Crippen MR) is 132 cm³/mol. The lowest BCUT2D eigenvalue weighted by atomic mass is 9.88. The molecule has 4 rings (SSSR count). The van der Waals surface area contributed by atoms with E-state index in [0.717, 1.165) is 44.5 Å². The van der Waals surface area contributed by atoms with Crippen LogP contribution in [0.15, 0.2) is 59.5 Å². The number of amides is 1. The third-order valence-corrected chi connectivity index (χ3v) is 7.36. The number of aliphatic hydroxyl groups excluding tert-OH is 1. The molecule has 1 aliphatic carbocycles. The largest absolute Gasteiger partial charge is 0.416 e. The molecule has 0 aromatic heterocycles. The first-order valence-corrected chi connectivity index (χ1v) is 12.9. The van der Waals surface area contributed by atoms with Crippen molar-refractivity contribution >= 4 is 23.2 Å². The van der Waals surface area contributed by atoms with Crippen LogP contribution in [0.1, 0.15) is 42.2 Å². The first-order valence-electron chi connectivity index (χ1n) is 11.7. The molecule has 1 saturated heterocycles. The summed E-state index contributed by atoms with van der Waals surface area (Å²) in [7, 11) is 0. The van der Waals surface area contributed by atoms with Gasteiger partial charge in [0.05, 0.1) is 18.2 Å². The molecule has 2 aromatic carbocycles. The van der Waals surface area contributed by atoms with Crippen molar-refractivity contribution in [2.24, 2.45) is 0 Å². The standard InChI is InChI=1S/C26H30F3N3O2S/c1-35-23-11-7-18(8-12-23)17-5-9-22(10-6-17)32-15-21(16-32)31-24(33)14-30-25(34)19-3-2-4-20(13-19)26(27,28)29/h2-5,7-8,11-13,21-22,25,30,34H,6,9-10,14-16H2,1H3,(H,31,33). The first kappa shape index (κ1) is 25.8. The van der Waals surface area contributed by atoms with Crippen molar-refractivity contribution in [3.63, 3.8) is 0 Å².